The highest BCUT2D eigenvalue weighted by molar-refractivity contribution is 5.90. The Morgan fingerprint density at radius 3 is 2.90 bits per heavy atom. The van der Waals surface area contributed by atoms with Crippen molar-refractivity contribution in [1.82, 2.24) is 4.98 Å². The molecule has 1 heterocycles. The zero-order valence-corrected chi connectivity index (χ0v) is 10.8. The minimum absolute atomic E-state index is 0.116. The summed E-state index contributed by atoms with van der Waals surface area (Å²) in [6, 6.07) is 10.2. The molecule has 2 aromatic rings. The number of carboxylic acid groups (broad SMARTS) is 1. The maximum absolute atomic E-state index is 11.1. The van der Waals surface area contributed by atoms with Crippen molar-refractivity contribution in [2.75, 3.05) is 0 Å². The molecular formula is C15H12N2O3. The summed E-state index contributed by atoms with van der Waals surface area (Å²) in [6.07, 6.45) is 1.52. The number of hydrogen-bond donors (Lipinski definition) is 1. The molecule has 1 aromatic carbocycles. The second-order valence-corrected chi connectivity index (χ2v) is 4.25. The fourth-order valence-electron chi connectivity index (χ4n) is 1.71. The minimum Gasteiger partial charge on any atom is -0.488 e. The van der Waals surface area contributed by atoms with Crippen LogP contribution < -0.4 is 4.74 Å². The Balaban J connectivity index is 2.20. The maximum atomic E-state index is 11.1. The molecule has 0 aliphatic rings. The van der Waals surface area contributed by atoms with Gasteiger partial charge in [-0.15, -0.1) is 0 Å². The summed E-state index contributed by atoms with van der Waals surface area (Å²) in [4.78, 5) is 15.0. The molecule has 0 aliphatic heterocycles. The van der Waals surface area contributed by atoms with Gasteiger partial charge in [-0.2, -0.15) is 5.26 Å². The van der Waals surface area contributed by atoms with E-state index in [1.165, 1.54) is 12.3 Å². The highest BCUT2D eigenvalue weighted by Crippen LogP contribution is 2.21. The molecule has 100 valence electrons. The molecular weight excluding hydrogens is 256 g/mol. The summed E-state index contributed by atoms with van der Waals surface area (Å²) in [5.41, 5.74) is 2.09. The number of carbonyl (C=O) groups is 1. The summed E-state index contributed by atoms with van der Waals surface area (Å²) >= 11 is 0. The Hall–Kier alpha value is -2.87. The normalized spacial score (nSPS) is 9.80. The molecule has 0 fully saturated rings. The van der Waals surface area contributed by atoms with Gasteiger partial charge in [0.15, 0.2) is 0 Å². The molecule has 0 amide bonds. The number of ether oxygens (including phenoxy) is 1. The van der Waals surface area contributed by atoms with Crippen LogP contribution in [0.15, 0.2) is 36.5 Å². The van der Waals surface area contributed by atoms with E-state index < -0.39 is 5.97 Å². The summed E-state index contributed by atoms with van der Waals surface area (Å²) in [5, 5.41) is 17.9. The van der Waals surface area contributed by atoms with E-state index >= 15 is 0 Å². The van der Waals surface area contributed by atoms with Crippen molar-refractivity contribution in [3.8, 4) is 11.8 Å². The van der Waals surface area contributed by atoms with E-state index in [0.717, 1.165) is 11.1 Å². The third-order valence-corrected chi connectivity index (χ3v) is 2.70. The van der Waals surface area contributed by atoms with Crippen LogP contribution in [0, 0.1) is 18.3 Å². The first-order valence-electron chi connectivity index (χ1n) is 5.92. The summed E-state index contributed by atoms with van der Waals surface area (Å²) in [7, 11) is 0. The maximum Gasteiger partial charge on any atom is 0.339 e. The average Bonchev–Trinajstić information content (AvgIpc) is 2.45. The van der Waals surface area contributed by atoms with Crippen molar-refractivity contribution in [2.45, 2.75) is 13.5 Å². The van der Waals surface area contributed by atoms with Gasteiger partial charge in [-0.25, -0.2) is 9.78 Å². The first-order valence-corrected chi connectivity index (χ1v) is 5.92. The van der Waals surface area contributed by atoms with Gasteiger partial charge in [-0.3, -0.25) is 0 Å². The lowest BCUT2D eigenvalue weighted by atomic mass is 10.1. The fraction of sp³-hybridized carbons (Fsp3) is 0.133. The number of rotatable bonds is 4. The molecule has 0 aliphatic carbocycles. The van der Waals surface area contributed by atoms with Crippen molar-refractivity contribution < 1.29 is 14.6 Å². The topological polar surface area (TPSA) is 83.2 Å². The van der Waals surface area contributed by atoms with Crippen LogP contribution in [0.25, 0.3) is 0 Å². The Bertz CT molecular complexity index is 690. The Morgan fingerprint density at radius 1 is 1.40 bits per heavy atom. The molecule has 0 spiro atoms. The molecule has 0 saturated heterocycles. The molecule has 0 unspecified atom stereocenters. The monoisotopic (exact) mass is 268 g/mol. The zero-order valence-electron chi connectivity index (χ0n) is 10.8. The first-order chi connectivity index (χ1) is 9.60. The fourth-order valence-corrected chi connectivity index (χ4v) is 1.71. The highest BCUT2D eigenvalue weighted by Gasteiger charge is 2.11. The smallest absolute Gasteiger partial charge is 0.339 e. The van der Waals surface area contributed by atoms with Crippen LogP contribution in [0.3, 0.4) is 0 Å². The van der Waals surface area contributed by atoms with Crippen LogP contribution >= 0.6 is 0 Å². The van der Waals surface area contributed by atoms with Gasteiger partial charge in [0.25, 0.3) is 0 Å². The SMILES string of the molecule is Cc1ccc(C(=O)O)c(OCc2ccnc(C#N)c2)c1. The number of nitriles is 1. The van der Waals surface area contributed by atoms with Gasteiger partial charge in [0, 0.05) is 6.20 Å². The van der Waals surface area contributed by atoms with Gasteiger partial charge in [-0.05, 0) is 42.3 Å². The quantitative estimate of drug-likeness (QED) is 0.921. The summed E-state index contributed by atoms with van der Waals surface area (Å²) in [6.45, 7) is 2.04. The van der Waals surface area contributed by atoms with Crippen molar-refractivity contribution in [1.29, 1.82) is 5.26 Å². The van der Waals surface area contributed by atoms with Crippen molar-refractivity contribution in [3.05, 3.63) is 58.9 Å². The number of aromatic carboxylic acids is 1. The molecule has 5 nitrogen and oxygen atoms in total. The van der Waals surface area contributed by atoms with Crippen molar-refractivity contribution in [2.24, 2.45) is 0 Å². The van der Waals surface area contributed by atoms with Crippen molar-refractivity contribution >= 4 is 5.97 Å². The molecule has 0 atom stereocenters. The number of pyridine rings is 1. The molecule has 0 saturated carbocycles. The summed E-state index contributed by atoms with van der Waals surface area (Å²) in [5.74, 6) is -0.722. The molecule has 5 heteroatoms. The predicted molar refractivity (Wildman–Crippen MR) is 71.4 cm³/mol. The zero-order chi connectivity index (χ0) is 14.5. The Labute approximate surface area is 116 Å². The van der Waals surface area contributed by atoms with E-state index in [1.807, 2.05) is 13.0 Å². The van der Waals surface area contributed by atoms with E-state index in [0.29, 0.717) is 11.4 Å². The van der Waals surface area contributed by atoms with E-state index in [2.05, 4.69) is 4.98 Å². The first kappa shape index (κ1) is 13.6. The number of benzene rings is 1. The van der Waals surface area contributed by atoms with Crippen LogP contribution in [0.4, 0.5) is 0 Å². The number of hydrogen-bond acceptors (Lipinski definition) is 4. The van der Waals surface area contributed by atoms with Crippen LogP contribution in [0.5, 0.6) is 5.75 Å². The molecule has 20 heavy (non-hydrogen) atoms. The van der Waals surface area contributed by atoms with Gasteiger partial charge in [0.2, 0.25) is 0 Å². The third-order valence-electron chi connectivity index (χ3n) is 2.70. The van der Waals surface area contributed by atoms with Gasteiger partial charge < -0.3 is 9.84 Å². The minimum atomic E-state index is -1.03. The number of carboxylic acids is 1. The third kappa shape index (κ3) is 3.12. The highest BCUT2D eigenvalue weighted by atomic mass is 16.5. The average molecular weight is 268 g/mol. The van der Waals surface area contributed by atoms with E-state index in [4.69, 9.17) is 15.1 Å². The Morgan fingerprint density at radius 2 is 2.20 bits per heavy atom. The van der Waals surface area contributed by atoms with Gasteiger partial charge in [0.05, 0.1) is 0 Å². The molecule has 0 radical (unpaired) electrons. The number of aromatic nitrogens is 1. The van der Waals surface area contributed by atoms with Gasteiger partial charge in [-0.1, -0.05) is 6.07 Å². The van der Waals surface area contributed by atoms with Gasteiger partial charge >= 0.3 is 5.97 Å². The standard InChI is InChI=1S/C15H12N2O3/c1-10-2-3-13(15(18)19)14(6-10)20-9-11-4-5-17-12(7-11)8-16/h2-7H,9H2,1H3,(H,18,19). The second kappa shape index (κ2) is 5.85. The van der Waals surface area contributed by atoms with Crippen molar-refractivity contribution in [3.63, 3.8) is 0 Å². The largest absolute Gasteiger partial charge is 0.488 e. The lowest BCUT2D eigenvalue weighted by Gasteiger charge is -2.10. The van der Waals surface area contributed by atoms with E-state index in [9.17, 15) is 4.79 Å². The lowest BCUT2D eigenvalue weighted by molar-refractivity contribution is 0.0691. The molecule has 1 N–H and O–H groups in total. The van der Waals surface area contributed by atoms with E-state index in [-0.39, 0.29) is 12.2 Å². The van der Waals surface area contributed by atoms with E-state index in [1.54, 1.807) is 24.3 Å². The van der Waals surface area contributed by atoms with Crippen LogP contribution in [0.1, 0.15) is 27.2 Å². The number of aryl methyl sites for hydroxylation is 1. The van der Waals surface area contributed by atoms with Crippen LogP contribution in [0.2, 0.25) is 0 Å². The predicted octanol–water partition coefficient (Wildman–Crippen LogP) is 2.54. The second-order valence-electron chi connectivity index (χ2n) is 4.25. The Kier molecular flexibility index (Phi) is 3.96. The molecule has 1 aromatic heterocycles. The molecule has 0 bridgehead atoms. The van der Waals surface area contributed by atoms with Crippen LogP contribution in [-0.4, -0.2) is 16.1 Å². The van der Waals surface area contributed by atoms with Crippen LogP contribution in [-0.2, 0) is 6.61 Å². The van der Waals surface area contributed by atoms with Gasteiger partial charge in [0.1, 0.15) is 29.7 Å². The summed E-state index contributed by atoms with van der Waals surface area (Å²) < 4.78 is 5.55. The lowest BCUT2D eigenvalue weighted by Crippen LogP contribution is -2.04. The number of nitrogens with zero attached hydrogens (tertiary/aromatic N) is 2. The molecule has 2 rings (SSSR count).